The number of methoxy groups -OCH3 is 1. The number of aliphatic hydroxyl groups is 1. The summed E-state index contributed by atoms with van der Waals surface area (Å²) in [5.74, 6) is -0.313. The second kappa shape index (κ2) is 17.5. The zero-order chi connectivity index (χ0) is 44.5. The van der Waals surface area contributed by atoms with Crippen LogP contribution in [-0.2, 0) is 34.6 Å². The molecule has 0 aliphatic carbocycles. The van der Waals surface area contributed by atoms with Gasteiger partial charge in [-0.15, -0.1) is 5.10 Å². The second-order valence-electron chi connectivity index (χ2n) is 16.9. The number of nitrogens with one attached hydrogen (secondary N) is 2. The number of aryl methyl sites for hydroxylation is 1. The number of nitrogen functional groups attached to an aromatic ring is 2. The van der Waals surface area contributed by atoms with Crippen LogP contribution in [0.2, 0.25) is 18.6 Å². The largest absolute Gasteiger partial charge is 0.497 e. The predicted octanol–water partition coefficient (Wildman–Crippen LogP) is 6.34. The molecular weight excluding hydrogens is 813 g/mol. The Hall–Kier alpha value is -6.81. The van der Waals surface area contributed by atoms with Crippen LogP contribution in [-0.4, -0.2) is 65.7 Å². The van der Waals surface area contributed by atoms with Gasteiger partial charge >= 0.3 is 0 Å². The Labute approximate surface area is 367 Å². The molecule has 0 saturated carbocycles. The molecule has 4 atom stereocenters. The van der Waals surface area contributed by atoms with E-state index in [1.54, 1.807) is 65.2 Å². The van der Waals surface area contributed by atoms with Gasteiger partial charge in [-0.05, 0) is 109 Å². The number of fused-ring (bicyclic) bond motifs is 2. The summed E-state index contributed by atoms with van der Waals surface area (Å²) in [5.41, 5.74) is 16.3. The minimum absolute atomic E-state index is 0.0279. The van der Waals surface area contributed by atoms with E-state index in [0.717, 1.165) is 11.3 Å². The van der Waals surface area contributed by atoms with Crippen LogP contribution in [0.25, 0.3) is 0 Å². The summed E-state index contributed by atoms with van der Waals surface area (Å²) < 4.78 is 14.7. The van der Waals surface area contributed by atoms with Crippen LogP contribution >= 0.6 is 0 Å². The molecule has 1 spiro atoms. The van der Waals surface area contributed by atoms with Crippen molar-refractivity contribution in [1.82, 2.24) is 15.0 Å². The van der Waals surface area contributed by atoms with E-state index in [1.807, 2.05) is 60.8 Å². The maximum absolute atomic E-state index is 15.6. The van der Waals surface area contributed by atoms with Gasteiger partial charge in [0.25, 0.3) is 17.7 Å². The first-order chi connectivity index (χ1) is 30.3. The molecule has 8 rings (SSSR count). The number of anilines is 5. The number of nitrogens with two attached hydrogens (primary N) is 2. The lowest BCUT2D eigenvalue weighted by atomic mass is 9.82. The fourth-order valence-electron chi connectivity index (χ4n) is 9.31. The third-order valence-corrected chi connectivity index (χ3v) is 16.9. The lowest BCUT2D eigenvalue weighted by Crippen LogP contribution is -2.51. The van der Waals surface area contributed by atoms with Gasteiger partial charge in [0, 0.05) is 71.1 Å². The molecule has 15 heteroatoms. The van der Waals surface area contributed by atoms with Crippen molar-refractivity contribution in [2.45, 2.75) is 63.2 Å². The van der Waals surface area contributed by atoms with E-state index in [-0.39, 0.29) is 48.4 Å². The van der Waals surface area contributed by atoms with Gasteiger partial charge < -0.3 is 41.6 Å². The molecule has 3 heterocycles. The van der Waals surface area contributed by atoms with Crippen molar-refractivity contribution in [2.75, 3.05) is 40.7 Å². The number of hydrogen-bond acceptors (Lipinski definition) is 10. The van der Waals surface area contributed by atoms with Gasteiger partial charge in [0.15, 0.2) is 5.60 Å². The molecule has 0 radical (unpaired) electrons. The van der Waals surface area contributed by atoms with Crippen LogP contribution < -0.4 is 36.9 Å². The van der Waals surface area contributed by atoms with Crippen LogP contribution in [0.15, 0.2) is 121 Å². The van der Waals surface area contributed by atoms with Crippen molar-refractivity contribution in [2.24, 2.45) is 5.92 Å². The van der Waals surface area contributed by atoms with Crippen molar-refractivity contribution in [3.8, 4) is 5.75 Å². The normalized spacial score (nSPS) is 19.3. The number of amides is 3. The number of rotatable bonds is 14. The van der Waals surface area contributed by atoms with Gasteiger partial charge in [0.2, 0.25) is 0 Å². The number of benzene rings is 5. The highest BCUT2D eigenvalue weighted by molar-refractivity contribution is 6.91. The van der Waals surface area contributed by atoms with Gasteiger partial charge in [0.1, 0.15) is 5.75 Å². The summed E-state index contributed by atoms with van der Waals surface area (Å²) in [4.78, 5) is 43.8. The molecule has 2 aliphatic rings. The van der Waals surface area contributed by atoms with E-state index in [4.69, 9.17) is 20.9 Å². The van der Waals surface area contributed by atoms with Crippen LogP contribution in [0.3, 0.4) is 0 Å². The Morgan fingerprint density at radius 3 is 2.06 bits per heavy atom. The number of aromatic nitrogens is 3. The lowest BCUT2D eigenvalue weighted by Gasteiger charge is -2.37. The summed E-state index contributed by atoms with van der Waals surface area (Å²) in [6, 6.07) is 34.6. The number of ether oxygens (including phenoxy) is 2. The van der Waals surface area contributed by atoms with Crippen LogP contribution in [0, 0.1) is 5.92 Å². The number of nitrogens with zero attached hydrogens (tertiary/aromatic N) is 4. The summed E-state index contributed by atoms with van der Waals surface area (Å²) in [6.07, 6.45) is 2.42. The third kappa shape index (κ3) is 8.42. The molecule has 1 fully saturated rings. The molecule has 2 aliphatic heterocycles. The molecule has 7 N–H and O–H groups in total. The van der Waals surface area contributed by atoms with Crippen LogP contribution in [0.4, 0.5) is 28.4 Å². The van der Waals surface area contributed by atoms with Gasteiger partial charge in [-0.3, -0.25) is 19.1 Å². The van der Waals surface area contributed by atoms with Gasteiger partial charge in [-0.1, -0.05) is 54.7 Å². The maximum Gasteiger partial charge on any atom is 0.264 e. The first kappa shape index (κ1) is 42.9. The quantitative estimate of drug-likeness (QED) is 0.0608. The SMILES string of the molecule is COc1ccc([Si](C)(C)[C@@H]2[C@@H](CCn3cc(CCO)nn3)O[C@]3(C(=O)N(Cc4ccc(NC(=O)c5ccc(N)cc5)cc4)c4ccc(NC(=O)c5ccc(N)cc5)cc43)[C@H]2C)cc1. The first-order valence-corrected chi connectivity index (χ1v) is 24.1. The topological polar surface area (TPSA) is 200 Å². The molecule has 63 heavy (non-hydrogen) atoms. The minimum Gasteiger partial charge on any atom is -0.497 e. The predicted molar refractivity (Wildman–Crippen MR) is 247 cm³/mol. The summed E-state index contributed by atoms with van der Waals surface area (Å²) in [6.45, 7) is 7.47. The van der Waals surface area contributed by atoms with Crippen molar-refractivity contribution in [3.05, 3.63) is 149 Å². The highest BCUT2D eigenvalue weighted by Crippen LogP contribution is 2.60. The Morgan fingerprint density at radius 2 is 1.46 bits per heavy atom. The van der Waals surface area contributed by atoms with E-state index in [1.165, 1.54) is 5.19 Å². The van der Waals surface area contributed by atoms with Crippen molar-refractivity contribution in [1.29, 1.82) is 0 Å². The van der Waals surface area contributed by atoms with E-state index in [9.17, 15) is 14.7 Å². The monoisotopic (exact) mass is 864 g/mol. The molecule has 14 nitrogen and oxygen atoms in total. The number of carbonyl (C=O) groups is 3. The summed E-state index contributed by atoms with van der Waals surface area (Å²) >= 11 is 0. The van der Waals surface area contributed by atoms with Crippen LogP contribution in [0.1, 0.15) is 50.9 Å². The summed E-state index contributed by atoms with van der Waals surface area (Å²) in [5, 5.41) is 25.3. The van der Waals surface area contributed by atoms with Gasteiger partial charge in [-0.25, -0.2) is 0 Å². The fraction of sp³-hybridized carbons (Fsp3) is 0.271. The average molecular weight is 865 g/mol. The van der Waals surface area contributed by atoms with E-state index < -0.39 is 13.7 Å². The van der Waals surface area contributed by atoms with Gasteiger partial charge in [0.05, 0.1) is 39.2 Å². The zero-order valence-electron chi connectivity index (χ0n) is 35.7. The Balaban J connectivity index is 1.16. The van der Waals surface area contributed by atoms with E-state index in [2.05, 4.69) is 53.1 Å². The zero-order valence-corrected chi connectivity index (χ0v) is 36.7. The second-order valence-corrected chi connectivity index (χ2v) is 21.6. The van der Waals surface area contributed by atoms with Crippen molar-refractivity contribution < 1.29 is 29.0 Å². The first-order valence-electron chi connectivity index (χ1n) is 21.0. The van der Waals surface area contributed by atoms with Gasteiger partial charge in [-0.2, -0.15) is 0 Å². The lowest BCUT2D eigenvalue weighted by molar-refractivity contribution is -0.146. The standard InChI is InChI=1S/C48H52N8O6Si/c1-30-44(63(3,4)40-20-18-39(61-2)19-21-40)43(23-25-55-29-38(24-26-57)53-54-55)62-48(30)41-27-37(52-46(59)33-9-13-35(50)14-10-33)17-22-42(41)56(47(48)60)28-31-5-15-36(16-6-31)51-45(58)32-7-11-34(49)12-8-32/h5-22,27,29-30,43-44,57H,23-26,28,49-50H2,1-4H3,(H,51,58)(H,52,59)/t30-,43+,44-,48+/m0/s1. The Bertz CT molecular complexity index is 2620. The fourth-order valence-corrected chi connectivity index (χ4v) is 13.4. The molecule has 0 unspecified atom stereocenters. The minimum atomic E-state index is -2.48. The number of aliphatic hydroxyl groups excluding tert-OH is 1. The molecule has 3 amide bonds. The Kier molecular flexibility index (Phi) is 11.9. The van der Waals surface area contributed by atoms with E-state index in [0.29, 0.717) is 70.2 Å². The molecule has 1 saturated heterocycles. The average Bonchev–Trinajstić information content (AvgIpc) is 3.93. The highest BCUT2D eigenvalue weighted by Gasteiger charge is 2.66. The molecule has 0 bridgehead atoms. The Morgan fingerprint density at radius 1 is 0.857 bits per heavy atom. The number of carbonyl (C=O) groups excluding carboxylic acids is 3. The van der Waals surface area contributed by atoms with E-state index >= 15 is 4.79 Å². The van der Waals surface area contributed by atoms with Crippen LogP contribution in [0.5, 0.6) is 5.75 Å². The maximum atomic E-state index is 15.6. The smallest absolute Gasteiger partial charge is 0.264 e. The van der Waals surface area contributed by atoms with Crippen molar-refractivity contribution >= 4 is 59.4 Å². The molecular formula is C48H52N8O6Si. The summed E-state index contributed by atoms with van der Waals surface area (Å²) in [7, 11) is -0.831. The molecule has 1 aromatic heterocycles. The number of hydrogen-bond donors (Lipinski definition) is 5. The molecule has 5 aromatic carbocycles. The highest BCUT2D eigenvalue weighted by atomic mass is 28.3. The molecule has 324 valence electrons. The third-order valence-electron chi connectivity index (χ3n) is 12.6. The van der Waals surface area contributed by atoms with Crippen molar-refractivity contribution in [3.63, 3.8) is 0 Å². The molecule has 6 aromatic rings.